The second kappa shape index (κ2) is 19.2. The van der Waals surface area contributed by atoms with Crippen molar-refractivity contribution in [3.05, 3.63) is 171 Å². The highest BCUT2D eigenvalue weighted by molar-refractivity contribution is 6.30. The van der Waals surface area contributed by atoms with E-state index < -0.39 is 6.09 Å². The highest BCUT2D eigenvalue weighted by Crippen LogP contribution is 2.38. The Kier molecular flexibility index (Phi) is 12.7. The van der Waals surface area contributed by atoms with E-state index in [1.807, 2.05) is 79.8 Å². The van der Waals surface area contributed by atoms with Crippen LogP contribution in [0.1, 0.15) is 67.1 Å². The summed E-state index contributed by atoms with van der Waals surface area (Å²) in [5, 5.41) is 0.558. The summed E-state index contributed by atoms with van der Waals surface area (Å²) in [5.74, 6) is 0.968. The van der Waals surface area contributed by atoms with E-state index >= 15 is 4.79 Å². The largest absolute Gasteiger partial charge is 0.489 e. The van der Waals surface area contributed by atoms with Crippen molar-refractivity contribution in [2.24, 2.45) is 0 Å². The Morgan fingerprint density at radius 3 is 2.26 bits per heavy atom. The molecule has 0 aliphatic carbocycles. The molecule has 1 saturated heterocycles. The van der Waals surface area contributed by atoms with Gasteiger partial charge in [-0.25, -0.2) is 4.79 Å². The van der Waals surface area contributed by atoms with Crippen LogP contribution >= 0.6 is 11.6 Å². The van der Waals surface area contributed by atoms with Gasteiger partial charge in [-0.1, -0.05) is 66.2 Å². The average molecular weight is 905 g/mol. The van der Waals surface area contributed by atoms with Crippen molar-refractivity contribution in [2.75, 3.05) is 51.3 Å². The van der Waals surface area contributed by atoms with Gasteiger partial charge < -0.3 is 33.5 Å². The quantitative estimate of drug-likeness (QED) is 0.135. The van der Waals surface area contributed by atoms with Crippen LogP contribution in [0.2, 0.25) is 5.02 Å². The van der Waals surface area contributed by atoms with Gasteiger partial charge in [0.05, 0.1) is 18.8 Å². The summed E-state index contributed by atoms with van der Waals surface area (Å²) in [4.78, 5) is 51.8. The molecule has 0 saturated carbocycles. The van der Waals surface area contributed by atoms with E-state index in [0.29, 0.717) is 67.8 Å². The number of halogens is 1. The Balaban J connectivity index is 1.00. The standard InChI is InChI=1S/C54H54ClN5O6/c1-56(43-16-20-45(21-17-43)65-36-37-9-3-2-4-10-37)52(61)49-32-51(59-23-8-7-13-50(49)59)47-30-39-22-24-58(54(63)66-46-18-14-42(55)15-19-46)33-41(39)31-48(47)53(62)60-34-40-12-6-5-11-38(40)29-44(60)35-57-25-27-64-28-26-57/h2-6,9-12,14-21,30-32,44H,7-8,13,22-29,33-36H2,1H3/t44-/m0/s1. The third-order valence-corrected chi connectivity index (χ3v) is 13.8. The van der Waals surface area contributed by atoms with Crippen LogP contribution in [0.15, 0.2) is 121 Å². The zero-order valence-electron chi connectivity index (χ0n) is 37.3. The lowest BCUT2D eigenvalue weighted by atomic mass is 9.89. The van der Waals surface area contributed by atoms with Crippen LogP contribution in [0, 0.1) is 0 Å². The van der Waals surface area contributed by atoms with Crippen molar-refractivity contribution in [3.63, 3.8) is 0 Å². The van der Waals surface area contributed by atoms with Gasteiger partial charge in [0, 0.05) is 92.1 Å². The van der Waals surface area contributed by atoms with Gasteiger partial charge in [0.1, 0.15) is 18.1 Å². The van der Waals surface area contributed by atoms with Crippen molar-refractivity contribution in [3.8, 4) is 22.8 Å². The van der Waals surface area contributed by atoms with Gasteiger partial charge in [0.15, 0.2) is 0 Å². The molecule has 0 radical (unpaired) electrons. The number of hydrogen-bond donors (Lipinski definition) is 0. The first-order valence-corrected chi connectivity index (χ1v) is 23.5. The summed E-state index contributed by atoms with van der Waals surface area (Å²) >= 11 is 6.10. The number of aromatic nitrogens is 1. The second-order valence-corrected chi connectivity index (χ2v) is 18.2. The van der Waals surface area contributed by atoms with Gasteiger partial charge in [-0.3, -0.25) is 14.5 Å². The molecular formula is C54H54ClN5O6. The Hall–Kier alpha value is -6.40. The van der Waals surface area contributed by atoms with Gasteiger partial charge in [0.2, 0.25) is 0 Å². The molecule has 3 amide bonds. The highest BCUT2D eigenvalue weighted by atomic mass is 35.5. The predicted octanol–water partition coefficient (Wildman–Crippen LogP) is 9.46. The van der Waals surface area contributed by atoms with E-state index in [2.05, 4.69) is 38.6 Å². The van der Waals surface area contributed by atoms with E-state index in [9.17, 15) is 9.59 Å². The number of ether oxygens (including phenoxy) is 3. The normalized spacial score (nSPS) is 17.0. The van der Waals surface area contributed by atoms with Crippen molar-refractivity contribution in [1.82, 2.24) is 19.3 Å². The fraction of sp³-hybridized carbons (Fsp3) is 0.315. The molecule has 6 aromatic rings. The summed E-state index contributed by atoms with van der Waals surface area (Å²) in [6.07, 6.45) is 3.55. The fourth-order valence-corrected chi connectivity index (χ4v) is 10.1. The molecule has 5 heterocycles. The van der Waals surface area contributed by atoms with Crippen molar-refractivity contribution < 1.29 is 28.6 Å². The van der Waals surface area contributed by atoms with Gasteiger partial charge in [-0.05, 0) is 127 Å². The first-order chi connectivity index (χ1) is 32.3. The topological polar surface area (TPSA) is 96.8 Å². The minimum Gasteiger partial charge on any atom is -0.489 e. The molecule has 0 spiro atoms. The number of carbonyl (C=O) groups excluding carboxylic acids is 3. The molecular weight excluding hydrogens is 850 g/mol. The number of rotatable bonds is 10. The Labute approximate surface area is 391 Å². The molecule has 338 valence electrons. The number of carbonyl (C=O) groups is 3. The van der Waals surface area contributed by atoms with E-state index in [1.54, 1.807) is 34.1 Å². The lowest BCUT2D eigenvalue weighted by Gasteiger charge is -2.41. The Morgan fingerprint density at radius 2 is 1.47 bits per heavy atom. The minimum absolute atomic E-state index is 0.0626. The summed E-state index contributed by atoms with van der Waals surface area (Å²) in [7, 11) is 1.81. The molecule has 0 N–H and O–H groups in total. The molecule has 66 heavy (non-hydrogen) atoms. The van der Waals surface area contributed by atoms with Crippen LogP contribution < -0.4 is 14.4 Å². The zero-order chi connectivity index (χ0) is 45.1. The molecule has 0 unspecified atom stereocenters. The Morgan fingerprint density at radius 1 is 0.727 bits per heavy atom. The van der Waals surface area contributed by atoms with Crippen LogP contribution in [-0.4, -0.2) is 89.7 Å². The number of anilines is 1. The van der Waals surface area contributed by atoms with Crippen LogP contribution in [0.4, 0.5) is 10.5 Å². The first-order valence-electron chi connectivity index (χ1n) is 23.1. The van der Waals surface area contributed by atoms with Gasteiger partial charge in [-0.15, -0.1) is 0 Å². The summed E-state index contributed by atoms with van der Waals surface area (Å²) in [5.41, 5.74) is 10.1. The first kappa shape index (κ1) is 43.5. The van der Waals surface area contributed by atoms with Crippen LogP contribution in [0.5, 0.6) is 11.5 Å². The minimum atomic E-state index is -0.458. The molecule has 10 rings (SSSR count). The van der Waals surface area contributed by atoms with Crippen LogP contribution in [0.3, 0.4) is 0 Å². The van der Waals surface area contributed by atoms with Crippen molar-refractivity contribution >= 4 is 35.2 Å². The summed E-state index contributed by atoms with van der Waals surface area (Å²) in [6.45, 7) is 6.14. The third kappa shape index (κ3) is 9.20. The predicted molar refractivity (Wildman–Crippen MR) is 255 cm³/mol. The van der Waals surface area contributed by atoms with E-state index in [0.717, 1.165) is 103 Å². The number of morpholine rings is 1. The molecule has 1 fully saturated rings. The highest BCUT2D eigenvalue weighted by Gasteiger charge is 2.36. The molecule has 1 atom stereocenters. The summed E-state index contributed by atoms with van der Waals surface area (Å²) < 4.78 is 19.8. The molecule has 0 bridgehead atoms. The number of amides is 3. The SMILES string of the molecule is CN(C(=O)c1cc(-c2cc3c(cc2C(=O)N2Cc4ccccc4C[C@H]2CN2CCOCC2)CN(C(=O)Oc2ccc(Cl)cc2)CC3)n2c1CCCC2)c1ccc(OCc2ccccc2)cc1. The smallest absolute Gasteiger partial charge is 0.415 e. The number of hydrogen-bond acceptors (Lipinski definition) is 7. The van der Waals surface area contributed by atoms with Gasteiger partial charge in [-0.2, -0.15) is 0 Å². The number of nitrogens with zero attached hydrogens (tertiary/aromatic N) is 5. The Bertz CT molecular complexity index is 2730. The maximum atomic E-state index is 15.7. The lowest BCUT2D eigenvalue weighted by molar-refractivity contribution is 0.0193. The second-order valence-electron chi connectivity index (χ2n) is 17.8. The molecule has 11 nitrogen and oxygen atoms in total. The maximum Gasteiger partial charge on any atom is 0.415 e. The molecule has 1 aromatic heterocycles. The van der Waals surface area contributed by atoms with E-state index in [4.69, 9.17) is 25.8 Å². The summed E-state index contributed by atoms with van der Waals surface area (Å²) in [6, 6.07) is 39.0. The fourth-order valence-electron chi connectivity index (χ4n) is 9.94. The monoisotopic (exact) mass is 903 g/mol. The van der Waals surface area contributed by atoms with Gasteiger partial charge in [0.25, 0.3) is 11.8 Å². The van der Waals surface area contributed by atoms with Crippen LogP contribution in [0.25, 0.3) is 11.3 Å². The maximum absolute atomic E-state index is 15.7. The van der Waals surface area contributed by atoms with Gasteiger partial charge >= 0.3 is 6.09 Å². The molecule has 12 heteroatoms. The number of benzene rings is 5. The van der Waals surface area contributed by atoms with E-state index in [-0.39, 0.29) is 17.9 Å². The zero-order valence-corrected chi connectivity index (χ0v) is 38.1. The van der Waals surface area contributed by atoms with Crippen LogP contribution in [-0.2, 0) is 50.2 Å². The number of fused-ring (bicyclic) bond motifs is 3. The lowest BCUT2D eigenvalue weighted by Crippen LogP contribution is -2.52. The molecule has 4 aliphatic heterocycles. The molecule has 5 aromatic carbocycles. The van der Waals surface area contributed by atoms with E-state index in [1.165, 1.54) is 5.56 Å². The van der Waals surface area contributed by atoms with Crippen molar-refractivity contribution in [1.29, 1.82) is 0 Å². The molecule has 4 aliphatic rings. The van der Waals surface area contributed by atoms with Crippen molar-refractivity contribution in [2.45, 2.75) is 64.4 Å². The third-order valence-electron chi connectivity index (χ3n) is 13.6. The average Bonchev–Trinajstić information content (AvgIpc) is 3.75.